The molecule has 0 saturated heterocycles. The molecule has 7 nitrogen and oxygen atoms in total. The first-order valence-corrected chi connectivity index (χ1v) is 8.35. The molecule has 0 bridgehead atoms. The molecule has 26 heavy (non-hydrogen) atoms. The predicted octanol–water partition coefficient (Wildman–Crippen LogP) is 2.30. The van der Waals surface area contributed by atoms with Crippen LogP contribution in [0.1, 0.15) is 36.8 Å². The molecule has 2 rings (SSSR count). The average molecular weight is 357 g/mol. The molecule has 0 spiro atoms. The van der Waals surface area contributed by atoms with E-state index in [9.17, 15) is 14.4 Å². The highest BCUT2D eigenvalue weighted by atomic mass is 16.5. The van der Waals surface area contributed by atoms with Crippen molar-refractivity contribution in [1.29, 1.82) is 0 Å². The molecule has 0 aliphatic carbocycles. The Kier molecular flexibility index (Phi) is 6.54. The van der Waals surface area contributed by atoms with Crippen LogP contribution in [0.2, 0.25) is 0 Å². The lowest BCUT2D eigenvalue weighted by Crippen LogP contribution is -2.24. The fourth-order valence-corrected chi connectivity index (χ4v) is 2.19. The van der Waals surface area contributed by atoms with Crippen LogP contribution < -0.4 is 20.8 Å². The van der Waals surface area contributed by atoms with Crippen LogP contribution in [0.3, 0.4) is 0 Å². The van der Waals surface area contributed by atoms with Crippen molar-refractivity contribution in [2.45, 2.75) is 27.3 Å². The van der Waals surface area contributed by atoms with E-state index >= 15 is 0 Å². The molecule has 0 aliphatic rings. The van der Waals surface area contributed by atoms with E-state index in [1.54, 1.807) is 24.3 Å². The Labute approximate surface area is 151 Å². The number of anilines is 1. The van der Waals surface area contributed by atoms with Crippen LogP contribution in [-0.4, -0.2) is 23.4 Å². The van der Waals surface area contributed by atoms with Gasteiger partial charge in [0.2, 0.25) is 11.3 Å². The van der Waals surface area contributed by atoms with Gasteiger partial charge in [-0.25, -0.2) is 0 Å². The first-order chi connectivity index (χ1) is 12.3. The zero-order valence-corrected chi connectivity index (χ0v) is 15.1. The van der Waals surface area contributed by atoms with Gasteiger partial charge in [-0.15, -0.1) is 0 Å². The van der Waals surface area contributed by atoms with E-state index < -0.39 is 0 Å². The molecule has 0 aliphatic heterocycles. The summed E-state index contributed by atoms with van der Waals surface area (Å²) in [6, 6.07) is 8.02. The van der Waals surface area contributed by atoms with E-state index in [0.717, 1.165) is 0 Å². The number of benzene rings is 1. The van der Waals surface area contributed by atoms with Crippen molar-refractivity contribution in [3.8, 4) is 5.75 Å². The molecule has 2 amide bonds. The molecule has 0 atom stereocenters. The van der Waals surface area contributed by atoms with Gasteiger partial charge < -0.3 is 20.4 Å². The fourth-order valence-electron chi connectivity index (χ4n) is 2.19. The van der Waals surface area contributed by atoms with Gasteiger partial charge in [-0.3, -0.25) is 14.4 Å². The van der Waals surface area contributed by atoms with Gasteiger partial charge in [-0.1, -0.05) is 19.9 Å². The minimum atomic E-state index is -0.307. The second-order valence-electron chi connectivity index (χ2n) is 6.34. The molecule has 1 aromatic carbocycles. The zero-order valence-electron chi connectivity index (χ0n) is 15.1. The Hall–Kier alpha value is -3.09. The highest BCUT2D eigenvalue weighted by Crippen LogP contribution is 2.11. The van der Waals surface area contributed by atoms with Crippen molar-refractivity contribution < 1.29 is 14.3 Å². The molecule has 0 unspecified atom stereocenters. The maximum absolute atomic E-state index is 12.2. The van der Waals surface area contributed by atoms with Gasteiger partial charge in [-0.05, 0) is 24.1 Å². The van der Waals surface area contributed by atoms with E-state index in [1.165, 1.54) is 19.2 Å². The van der Waals surface area contributed by atoms with Crippen molar-refractivity contribution in [2.75, 3.05) is 11.9 Å². The first-order valence-electron chi connectivity index (χ1n) is 8.35. The molecule has 0 fully saturated rings. The quantitative estimate of drug-likeness (QED) is 0.708. The standard InChI is InChI=1S/C19H23N3O4/c1-12(2)11-26-18-10-20-16(8-17(18)24)9-21-19(25)14-5-4-6-15(7-14)22-13(3)23/h4-8,10,12H,9,11H2,1-3H3,(H,20,24)(H,21,25)(H,22,23). The Morgan fingerprint density at radius 1 is 1.23 bits per heavy atom. The van der Waals surface area contributed by atoms with Crippen molar-refractivity contribution in [3.63, 3.8) is 0 Å². The average Bonchev–Trinajstić information content (AvgIpc) is 2.58. The highest BCUT2D eigenvalue weighted by molar-refractivity contribution is 5.96. The van der Waals surface area contributed by atoms with E-state index in [0.29, 0.717) is 29.5 Å². The van der Waals surface area contributed by atoms with Crippen LogP contribution in [0.5, 0.6) is 5.75 Å². The third-order valence-corrected chi connectivity index (χ3v) is 3.39. The van der Waals surface area contributed by atoms with E-state index in [-0.39, 0.29) is 29.5 Å². The molecule has 2 aromatic rings. The molecule has 0 radical (unpaired) electrons. The summed E-state index contributed by atoms with van der Waals surface area (Å²) in [5.41, 5.74) is 1.29. The fraction of sp³-hybridized carbons (Fsp3) is 0.316. The number of carbonyl (C=O) groups is 2. The van der Waals surface area contributed by atoms with Crippen molar-refractivity contribution in [1.82, 2.24) is 10.3 Å². The number of pyridine rings is 1. The smallest absolute Gasteiger partial charge is 0.251 e. The van der Waals surface area contributed by atoms with Crippen LogP contribution >= 0.6 is 0 Å². The number of ether oxygens (including phenoxy) is 1. The van der Waals surface area contributed by atoms with E-state index in [2.05, 4.69) is 15.6 Å². The van der Waals surface area contributed by atoms with Gasteiger partial charge >= 0.3 is 0 Å². The summed E-state index contributed by atoms with van der Waals surface area (Å²) in [7, 11) is 0. The van der Waals surface area contributed by atoms with Crippen LogP contribution in [0, 0.1) is 5.92 Å². The third kappa shape index (κ3) is 5.77. The number of hydrogen-bond donors (Lipinski definition) is 3. The molecule has 7 heteroatoms. The number of aromatic amines is 1. The summed E-state index contributed by atoms with van der Waals surface area (Å²) in [5.74, 6) is 0.0662. The van der Waals surface area contributed by atoms with Gasteiger partial charge in [0, 0.05) is 36.1 Å². The summed E-state index contributed by atoms with van der Waals surface area (Å²) < 4.78 is 5.43. The number of amides is 2. The topological polar surface area (TPSA) is 100 Å². The number of nitrogens with one attached hydrogen (secondary N) is 3. The maximum atomic E-state index is 12.2. The Balaban J connectivity index is 1.98. The number of hydrogen-bond acceptors (Lipinski definition) is 4. The van der Waals surface area contributed by atoms with E-state index in [1.807, 2.05) is 13.8 Å². The van der Waals surface area contributed by atoms with Crippen LogP contribution in [0.15, 0.2) is 41.3 Å². The van der Waals surface area contributed by atoms with Crippen LogP contribution in [-0.2, 0) is 11.3 Å². The minimum Gasteiger partial charge on any atom is -0.488 e. The summed E-state index contributed by atoms with van der Waals surface area (Å²) in [4.78, 5) is 38.3. The van der Waals surface area contributed by atoms with Crippen molar-refractivity contribution >= 4 is 17.5 Å². The predicted molar refractivity (Wildman–Crippen MR) is 99.3 cm³/mol. The maximum Gasteiger partial charge on any atom is 0.251 e. The lowest BCUT2D eigenvalue weighted by Gasteiger charge is -2.10. The number of H-pyrrole nitrogens is 1. The third-order valence-electron chi connectivity index (χ3n) is 3.39. The largest absolute Gasteiger partial charge is 0.488 e. The summed E-state index contributed by atoms with van der Waals surface area (Å²) >= 11 is 0. The summed E-state index contributed by atoms with van der Waals surface area (Å²) in [5, 5.41) is 5.36. The zero-order chi connectivity index (χ0) is 19.1. The van der Waals surface area contributed by atoms with Crippen LogP contribution in [0.4, 0.5) is 5.69 Å². The Morgan fingerprint density at radius 3 is 2.65 bits per heavy atom. The second kappa shape index (κ2) is 8.84. The van der Waals surface area contributed by atoms with E-state index in [4.69, 9.17) is 4.74 Å². The molecular formula is C19H23N3O4. The number of aromatic nitrogens is 1. The lowest BCUT2D eigenvalue weighted by atomic mass is 10.2. The van der Waals surface area contributed by atoms with Crippen LogP contribution in [0.25, 0.3) is 0 Å². The summed E-state index contributed by atoms with van der Waals surface area (Å²) in [6.45, 7) is 6.03. The van der Waals surface area contributed by atoms with Gasteiger partial charge in [0.25, 0.3) is 5.91 Å². The minimum absolute atomic E-state index is 0.170. The Morgan fingerprint density at radius 2 is 2.00 bits per heavy atom. The number of carbonyl (C=O) groups excluding carboxylic acids is 2. The molecule has 0 saturated carbocycles. The van der Waals surface area contributed by atoms with Gasteiger partial charge in [0.05, 0.1) is 13.2 Å². The van der Waals surface area contributed by atoms with Crippen molar-refractivity contribution in [2.24, 2.45) is 5.92 Å². The number of rotatable bonds is 7. The molecule has 138 valence electrons. The molecule has 1 aromatic heterocycles. The Bertz CT molecular complexity index is 843. The van der Waals surface area contributed by atoms with Crippen molar-refractivity contribution in [3.05, 3.63) is 58.0 Å². The van der Waals surface area contributed by atoms with Gasteiger partial charge in [0.1, 0.15) is 0 Å². The second-order valence-corrected chi connectivity index (χ2v) is 6.34. The summed E-state index contributed by atoms with van der Waals surface area (Å²) in [6.07, 6.45) is 1.50. The SMILES string of the molecule is CC(=O)Nc1cccc(C(=O)NCc2cc(=O)c(OCC(C)C)c[nH]2)c1. The molecular weight excluding hydrogens is 334 g/mol. The molecule has 1 heterocycles. The lowest BCUT2D eigenvalue weighted by molar-refractivity contribution is -0.114. The normalized spacial score (nSPS) is 10.5. The highest BCUT2D eigenvalue weighted by Gasteiger charge is 2.08. The first kappa shape index (κ1) is 19.2. The monoisotopic (exact) mass is 357 g/mol. The van der Waals surface area contributed by atoms with Gasteiger partial charge in [-0.2, -0.15) is 0 Å². The van der Waals surface area contributed by atoms with Gasteiger partial charge in [0.15, 0.2) is 5.75 Å². The molecule has 3 N–H and O–H groups in total.